The summed E-state index contributed by atoms with van der Waals surface area (Å²) in [5.74, 6) is 0.0253. The van der Waals surface area contributed by atoms with Gasteiger partial charge in [-0.3, -0.25) is 4.79 Å². The molecule has 0 saturated heterocycles. The van der Waals surface area contributed by atoms with Gasteiger partial charge in [-0.25, -0.2) is 4.79 Å². The summed E-state index contributed by atoms with van der Waals surface area (Å²) in [4.78, 5) is 27.7. The molecule has 0 atom stereocenters. The zero-order valence-electron chi connectivity index (χ0n) is 14.9. The average molecular weight is 351 g/mol. The zero-order valence-corrected chi connectivity index (χ0v) is 14.9. The van der Waals surface area contributed by atoms with E-state index in [0.29, 0.717) is 23.3 Å². The first-order valence-electron chi connectivity index (χ1n) is 8.66. The van der Waals surface area contributed by atoms with Gasteiger partial charge in [0.2, 0.25) is 5.43 Å². The molecule has 0 unspecified atom stereocenters. The van der Waals surface area contributed by atoms with Crippen molar-refractivity contribution < 1.29 is 14.3 Å². The van der Waals surface area contributed by atoms with E-state index in [1.54, 1.807) is 13.0 Å². The van der Waals surface area contributed by atoms with Crippen LogP contribution < -0.4 is 10.2 Å². The van der Waals surface area contributed by atoms with Gasteiger partial charge in [-0.15, -0.1) is 0 Å². The summed E-state index contributed by atoms with van der Waals surface area (Å²) < 4.78 is 10.9. The number of esters is 1. The lowest BCUT2D eigenvalue weighted by Crippen LogP contribution is -2.18. The van der Waals surface area contributed by atoms with E-state index in [-0.39, 0.29) is 17.6 Å². The third kappa shape index (κ3) is 3.61. The van der Waals surface area contributed by atoms with Crippen molar-refractivity contribution >= 4 is 16.9 Å². The lowest BCUT2D eigenvalue weighted by Gasteiger charge is -2.12. The number of H-pyrrole nitrogens is 1. The first-order chi connectivity index (χ1) is 12.6. The Bertz CT molecular complexity index is 976. The second-order valence-corrected chi connectivity index (χ2v) is 5.89. The number of aryl methyl sites for hydroxylation is 1. The number of aromatic nitrogens is 1. The van der Waals surface area contributed by atoms with Gasteiger partial charge in [-0.1, -0.05) is 37.3 Å². The van der Waals surface area contributed by atoms with Crippen LogP contribution in [0.3, 0.4) is 0 Å². The van der Waals surface area contributed by atoms with Gasteiger partial charge in [-0.05, 0) is 36.6 Å². The van der Waals surface area contributed by atoms with Crippen LogP contribution in [-0.4, -0.2) is 17.6 Å². The van der Waals surface area contributed by atoms with Crippen LogP contribution in [0.25, 0.3) is 10.9 Å². The number of hydrogen-bond acceptors (Lipinski definition) is 4. The normalized spacial score (nSPS) is 10.7. The fraction of sp³-hybridized carbons (Fsp3) is 0.238. The number of carbonyl (C=O) groups is 1. The Morgan fingerprint density at radius 3 is 2.58 bits per heavy atom. The Labute approximate surface area is 151 Å². The molecule has 0 saturated carbocycles. The van der Waals surface area contributed by atoms with Gasteiger partial charge in [0, 0.05) is 11.7 Å². The highest BCUT2D eigenvalue weighted by Gasteiger charge is 2.16. The van der Waals surface area contributed by atoms with Crippen molar-refractivity contribution in [2.24, 2.45) is 0 Å². The van der Waals surface area contributed by atoms with Crippen molar-refractivity contribution in [3.05, 3.63) is 75.6 Å². The molecule has 0 radical (unpaired) electrons. The number of fused-ring (bicyclic) bond motifs is 1. The topological polar surface area (TPSA) is 68.4 Å². The lowest BCUT2D eigenvalue weighted by atomic mass is 10.1. The summed E-state index contributed by atoms with van der Waals surface area (Å²) in [6, 6.07) is 13.4. The van der Waals surface area contributed by atoms with Crippen LogP contribution in [0.15, 0.2) is 53.5 Å². The number of nitrogens with one attached hydrogen (secondary N) is 1. The number of benzene rings is 2. The van der Waals surface area contributed by atoms with Gasteiger partial charge < -0.3 is 14.5 Å². The van der Waals surface area contributed by atoms with Gasteiger partial charge in [0.05, 0.1) is 12.0 Å². The van der Waals surface area contributed by atoms with Crippen LogP contribution in [0.4, 0.5) is 0 Å². The van der Waals surface area contributed by atoms with Gasteiger partial charge in [-0.2, -0.15) is 0 Å². The molecule has 0 fully saturated rings. The van der Waals surface area contributed by atoms with Gasteiger partial charge in [0.25, 0.3) is 0 Å². The molecule has 134 valence electrons. The molecule has 5 heteroatoms. The molecule has 3 aromatic rings. The highest BCUT2D eigenvalue weighted by molar-refractivity contribution is 5.94. The van der Waals surface area contributed by atoms with Crippen molar-refractivity contribution in [2.45, 2.75) is 26.9 Å². The van der Waals surface area contributed by atoms with Crippen molar-refractivity contribution in [1.29, 1.82) is 0 Å². The van der Waals surface area contributed by atoms with Crippen LogP contribution >= 0.6 is 0 Å². The SMILES string of the molecule is CCOC(=O)c1c[nH]c2cc(CC)c(OCc3ccccc3)cc2c1=O. The van der Waals surface area contributed by atoms with Gasteiger partial charge >= 0.3 is 5.97 Å². The minimum atomic E-state index is -0.623. The van der Waals surface area contributed by atoms with Crippen molar-refractivity contribution in [1.82, 2.24) is 4.98 Å². The Balaban J connectivity index is 2.00. The number of carbonyl (C=O) groups excluding carboxylic acids is 1. The molecule has 5 nitrogen and oxygen atoms in total. The number of pyridine rings is 1. The summed E-state index contributed by atoms with van der Waals surface area (Å²) in [7, 11) is 0. The Hall–Kier alpha value is -3.08. The molecule has 0 bridgehead atoms. The van der Waals surface area contributed by atoms with E-state index in [0.717, 1.165) is 17.5 Å². The van der Waals surface area contributed by atoms with Crippen molar-refractivity contribution in [3.8, 4) is 5.75 Å². The van der Waals surface area contributed by atoms with Crippen LogP contribution in [-0.2, 0) is 17.8 Å². The van der Waals surface area contributed by atoms with Gasteiger partial charge in [0.1, 0.15) is 17.9 Å². The fourth-order valence-corrected chi connectivity index (χ4v) is 2.80. The molecular formula is C21H21NO4. The molecule has 26 heavy (non-hydrogen) atoms. The lowest BCUT2D eigenvalue weighted by molar-refractivity contribution is 0.0524. The predicted octanol–water partition coefficient (Wildman–Crippen LogP) is 3.85. The maximum atomic E-state index is 12.7. The van der Waals surface area contributed by atoms with E-state index >= 15 is 0 Å². The molecule has 1 N–H and O–H groups in total. The zero-order chi connectivity index (χ0) is 18.5. The monoisotopic (exact) mass is 351 g/mol. The summed E-state index contributed by atoms with van der Waals surface area (Å²) >= 11 is 0. The molecule has 0 amide bonds. The number of aromatic amines is 1. The smallest absolute Gasteiger partial charge is 0.343 e. The van der Waals surface area contributed by atoms with Crippen LogP contribution in [0, 0.1) is 0 Å². The van der Waals surface area contributed by atoms with E-state index in [2.05, 4.69) is 4.98 Å². The standard InChI is InChI=1S/C21H21NO4/c1-3-15-10-18-16(20(23)17(12-22-18)21(24)25-4-2)11-19(15)26-13-14-8-6-5-7-9-14/h5-12H,3-4,13H2,1-2H3,(H,22,23). The predicted molar refractivity (Wildman–Crippen MR) is 101 cm³/mol. The molecule has 0 spiro atoms. The number of hydrogen-bond donors (Lipinski definition) is 1. The van der Waals surface area contributed by atoms with Crippen molar-refractivity contribution in [3.63, 3.8) is 0 Å². The molecule has 0 aliphatic carbocycles. The highest BCUT2D eigenvalue weighted by Crippen LogP contribution is 2.25. The third-order valence-electron chi connectivity index (χ3n) is 4.18. The largest absolute Gasteiger partial charge is 0.489 e. The summed E-state index contributed by atoms with van der Waals surface area (Å²) in [6.45, 7) is 4.36. The van der Waals surface area contributed by atoms with Crippen LogP contribution in [0.5, 0.6) is 5.75 Å². The third-order valence-corrected chi connectivity index (χ3v) is 4.18. The second-order valence-electron chi connectivity index (χ2n) is 5.89. The second kappa shape index (κ2) is 7.87. The Kier molecular flexibility index (Phi) is 5.37. The Morgan fingerprint density at radius 1 is 1.12 bits per heavy atom. The minimum absolute atomic E-state index is 0.00221. The summed E-state index contributed by atoms with van der Waals surface area (Å²) in [5, 5.41) is 0.413. The number of ether oxygens (including phenoxy) is 2. The van der Waals surface area contributed by atoms with E-state index in [1.165, 1.54) is 6.20 Å². The van der Waals surface area contributed by atoms with E-state index < -0.39 is 5.97 Å². The van der Waals surface area contributed by atoms with Gasteiger partial charge in [0.15, 0.2) is 0 Å². The van der Waals surface area contributed by atoms with Crippen LogP contribution in [0.1, 0.15) is 35.3 Å². The maximum Gasteiger partial charge on any atom is 0.343 e. The number of rotatable bonds is 6. The van der Waals surface area contributed by atoms with E-state index in [9.17, 15) is 9.59 Å². The fourth-order valence-electron chi connectivity index (χ4n) is 2.80. The molecule has 0 aliphatic heterocycles. The summed E-state index contributed by atoms with van der Waals surface area (Å²) in [5.41, 5.74) is 2.35. The first kappa shape index (κ1) is 17.7. The summed E-state index contributed by atoms with van der Waals surface area (Å²) in [6.07, 6.45) is 2.17. The molecule has 3 rings (SSSR count). The first-order valence-corrected chi connectivity index (χ1v) is 8.66. The highest BCUT2D eigenvalue weighted by atomic mass is 16.5. The Morgan fingerprint density at radius 2 is 1.88 bits per heavy atom. The average Bonchev–Trinajstić information content (AvgIpc) is 2.67. The van der Waals surface area contributed by atoms with E-state index in [1.807, 2.05) is 43.3 Å². The van der Waals surface area contributed by atoms with Crippen LogP contribution in [0.2, 0.25) is 0 Å². The minimum Gasteiger partial charge on any atom is -0.489 e. The van der Waals surface area contributed by atoms with Crippen molar-refractivity contribution in [2.75, 3.05) is 6.61 Å². The van der Waals surface area contributed by atoms with E-state index in [4.69, 9.17) is 9.47 Å². The quantitative estimate of drug-likeness (QED) is 0.685. The molecule has 0 aliphatic rings. The maximum absolute atomic E-state index is 12.7. The molecular weight excluding hydrogens is 330 g/mol. The molecule has 1 aromatic heterocycles. The molecule has 2 aromatic carbocycles. The molecule has 1 heterocycles.